The van der Waals surface area contributed by atoms with Gasteiger partial charge in [0.1, 0.15) is 17.5 Å². The molecule has 0 unspecified atom stereocenters. The maximum atomic E-state index is 13.3. The van der Waals surface area contributed by atoms with Gasteiger partial charge in [0.2, 0.25) is 0 Å². The van der Waals surface area contributed by atoms with Gasteiger partial charge >= 0.3 is 0 Å². The second-order valence-electron chi connectivity index (χ2n) is 7.28. The van der Waals surface area contributed by atoms with Crippen LogP contribution in [0.25, 0.3) is 0 Å². The Hall–Kier alpha value is -3.22. The summed E-state index contributed by atoms with van der Waals surface area (Å²) in [6.07, 6.45) is 1.62. The number of rotatable bonds is 4. The predicted molar refractivity (Wildman–Crippen MR) is 109 cm³/mol. The summed E-state index contributed by atoms with van der Waals surface area (Å²) in [7, 11) is 1.55. The minimum Gasteiger partial charge on any atom is -0.401 e. The van der Waals surface area contributed by atoms with Gasteiger partial charge in [-0.15, -0.1) is 0 Å². The van der Waals surface area contributed by atoms with Crippen LogP contribution in [0, 0.1) is 17.0 Å². The Kier molecular flexibility index (Phi) is 6.51. The minimum absolute atomic E-state index is 0.242. The molecule has 0 heterocycles. The summed E-state index contributed by atoms with van der Waals surface area (Å²) in [6.45, 7) is 5.87. The second-order valence-corrected chi connectivity index (χ2v) is 7.28. The molecule has 4 N–H and O–H groups in total. The lowest BCUT2D eigenvalue weighted by molar-refractivity contribution is 0.0977. The maximum absolute atomic E-state index is 13.3. The monoisotopic (exact) mass is 386 g/mol. The molecule has 0 atom stereocenters. The van der Waals surface area contributed by atoms with Crippen molar-refractivity contribution in [3.8, 4) is 0 Å². The first kappa shape index (κ1) is 21.1. The standard InChI is InChI=1S/C21H24F2N4O/c1-21(2,3)18(24)12-19(25-4)27-20(28)13-6-5-7-16(8-13)26-17-10-14(22)9-15(23)11-17/h5-12,26H,24H2,1-4H3,(H,25,27,28). The summed E-state index contributed by atoms with van der Waals surface area (Å²) in [5, 5.41) is 5.58. The zero-order valence-electron chi connectivity index (χ0n) is 16.3. The molecule has 0 aliphatic heterocycles. The maximum Gasteiger partial charge on any atom is 0.256 e. The fourth-order valence-electron chi connectivity index (χ4n) is 2.24. The second kappa shape index (κ2) is 8.65. The van der Waals surface area contributed by atoms with E-state index in [1.54, 1.807) is 37.4 Å². The molecular weight excluding hydrogens is 362 g/mol. The Balaban J connectivity index is 2.17. The van der Waals surface area contributed by atoms with Gasteiger partial charge in [-0.05, 0) is 36.4 Å². The third kappa shape index (κ3) is 5.90. The topological polar surface area (TPSA) is 79.5 Å². The molecule has 0 fully saturated rings. The number of hydrogen-bond donors (Lipinski definition) is 3. The Bertz CT molecular complexity index is 910. The van der Waals surface area contributed by atoms with E-state index in [2.05, 4.69) is 15.6 Å². The van der Waals surface area contributed by atoms with Crippen molar-refractivity contribution in [2.24, 2.45) is 16.1 Å². The number of amides is 1. The van der Waals surface area contributed by atoms with Gasteiger partial charge in [-0.2, -0.15) is 0 Å². The van der Waals surface area contributed by atoms with E-state index in [0.29, 0.717) is 22.8 Å². The average Bonchev–Trinajstić information content (AvgIpc) is 2.59. The van der Waals surface area contributed by atoms with Crippen molar-refractivity contribution >= 4 is 23.1 Å². The van der Waals surface area contributed by atoms with E-state index in [9.17, 15) is 13.6 Å². The van der Waals surface area contributed by atoms with Crippen molar-refractivity contribution in [2.75, 3.05) is 12.4 Å². The molecule has 2 aromatic carbocycles. The van der Waals surface area contributed by atoms with Crippen molar-refractivity contribution in [3.05, 3.63) is 71.4 Å². The fraction of sp³-hybridized carbons (Fsp3) is 0.238. The highest BCUT2D eigenvalue weighted by atomic mass is 19.1. The molecule has 0 aliphatic carbocycles. The number of allylic oxidation sites excluding steroid dienone is 1. The van der Waals surface area contributed by atoms with E-state index in [4.69, 9.17) is 5.73 Å². The number of aliphatic imine (C=N–C) groups is 1. The van der Waals surface area contributed by atoms with E-state index in [1.165, 1.54) is 0 Å². The summed E-state index contributed by atoms with van der Waals surface area (Å²) in [4.78, 5) is 16.6. The lowest BCUT2D eigenvalue weighted by Gasteiger charge is -2.19. The van der Waals surface area contributed by atoms with Crippen LogP contribution >= 0.6 is 0 Å². The zero-order valence-corrected chi connectivity index (χ0v) is 16.3. The molecule has 2 rings (SSSR count). The molecule has 0 aliphatic rings. The van der Waals surface area contributed by atoms with Crippen LogP contribution in [0.1, 0.15) is 31.1 Å². The van der Waals surface area contributed by atoms with Crippen LogP contribution in [-0.4, -0.2) is 18.8 Å². The highest BCUT2D eigenvalue weighted by Gasteiger charge is 2.15. The molecule has 5 nitrogen and oxygen atoms in total. The van der Waals surface area contributed by atoms with Gasteiger partial charge in [-0.3, -0.25) is 9.79 Å². The van der Waals surface area contributed by atoms with Gasteiger partial charge in [-0.1, -0.05) is 26.8 Å². The number of benzene rings is 2. The van der Waals surface area contributed by atoms with Crippen LogP contribution in [0.2, 0.25) is 0 Å². The van der Waals surface area contributed by atoms with Crippen molar-refractivity contribution < 1.29 is 13.6 Å². The minimum atomic E-state index is -0.691. The number of nitrogens with zero attached hydrogens (tertiary/aromatic N) is 1. The van der Waals surface area contributed by atoms with Gasteiger partial charge in [0.25, 0.3) is 5.91 Å². The first-order valence-electron chi connectivity index (χ1n) is 8.67. The van der Waals surface area contributed by atoms with Crippen molar-refractivity contribution in [1.29, 1.82) is 0 Å². The summed E-state index contributed by atoms with van der Waals surface area (Å²) in [5.74, 6) is -1.43. The van der Waals surface area contributed by atoms with Gasteiger partial charge in [0, 0.05) is 41.2 Å². The third-order valence-electron chi connectivity index (χ3n) is 3.92. The normalized spacial score (nSPS) is 12.6. The molecule has 7 heteroatoms. The average molecular weight is 386 g/mol. The molecule has 0 bridgehead atoms. The molecule has 0 spiro atoms. The Labute approximate surface area is 163 Å². The molecule has 0 radical (unpaired) electrons. The van der Waals surface area contributed by atoms with Gasteiger partial charge in [0.05, 0.1) is 0 Å². The number of amidine groups is 1. The van der Waals surface area contributed by atoms with E-state index < -0.39 is 11.6 Å². The number of hydrogen-bond acceptors (Lipinski definition) is 4. The Morgan fingerprint density at radius 1 is 1.07 bits per heavy atom. The van der Waals surface area contributed by atoms with E-state index in [1.807, 2.05) is 20.8 Å². The van der Waals surface area contributed by atoms with Gasteiger partial charge in [-0.25, -0.2) is 8.78 Å². The molecule has 148 valence electrons. The highest BCUT2D eigenvalue weighted by Crippen LogP contribution is 2.21. The van der Waals surface area contributed by atoms with Crippen LogP contribution in [0.15, 0.2) is 59.2 Å². The highest BCUT2D eigenvalue weighted by molar-refractivity contribution is 6.10. The molecule has 0 saturated carbocycles. The number of anilines is 2. The summed E-state index contributed by atoms with van der Waals surface area (Å²) >= 11 is 0. The van der Waals surface area contributed by atoms with Crippen LogP contribution < -0.4 is 16.4 Å². The largest absolute Gasteiger partial charge is 0.401 e. The summed E-state index contributed by atoms with van der Waals surface area (Å²) < 4.78 is 26.7. The fourth-order valence-corrected chi connectivity index (χ4v) is 2.24. The smallest absolute Gasteiger partial charge is 0.256 e. The Morgan fingerprint density at radius 3 is 2.29 bits per heavy atom. The first-order chi connectivity index (χ1) is 13.1. The lowest BCUT2D eigenvalue weighted by atomic mass is 9.92. The molecule has 1 amide bonds. The first-order valence-corrected chi connectivity index (χ1v) is 8.67. The summed E-state index contributed by atoms with van der Waals surface area (Å²) in [6, 6.07) is 9.66. The quantitative estimate of drug-likeness (QED) is 0.540. The van der Waals surface area contributed by atoms with E-state index in [-0.39, 0.29) is 17.0 Å². The van der Waals surface area contributed by atoms with Crippen LogP contribution in [-0.2, 0) is 0 Å². The SMILES string of the molecule is CN=C(C=C(N)C(C)(C)C)NC(=O)c1cccc(Nc2cc(F)cc(F)c2)c1. The zero-order chi connectivity index (χ0) is 20.9. The number of nitrogens with two attached hydrogens (primary N) is 1. The number of halogens is 2. The lowest BCUT2D eigenvalue weighted by Crippen LogP contribution is -2.31. The van der Waals surface area contributed by atoms with Crippen LogP contribution in [0.4, 0.5) is 20.2 Å². The molecule has 28 heavy (non-hydrogen) atoms. The van der Waals surface area contributed by atoms with Crippen molar-refractivity contribution in [1.82, 2.24) is 5.32 Å². The number of carbonyl (C=O) groups is 1. The van der Waals surface area contributed by atoms with E-state index >= 15 is 0 Å². The number of nitrogens with one attached hydrogen (secondary N) is 2. The third-order valence-corrected chi connectivity index (χ3v) is 3.92. The van der Waals surface area contributed by atoms with Crippen molar-refractivity contribution in [2.45, 2.75) is 20.8 Å². The van der Waals surface area contributed by atoms with Crippen molar-refractivity contribution in [3.63, 3.8) is 0 Å². The van der Waals surface area contributed by atoms with Crippen LogP contribution in [0.5, 0.6) is 0 Å². The predicted octanol–water partition coefficient (Wildman–Crippen LogP) is 4.36. The number of carbonyl (C=O) groups excluding carboxylic acids is 1. The molecular formula is C21H24F2N4O. The summed E-state index contributed by atoms with van der Waals surface area (Å²) in [5.41, 5.74) is 7.46. The molecule has 0 saturated heterocycles. The molecule has 0 aromatic heterocycles. The van der Waals surface area contributed by atoms with E-state index in [0.717, 1.165) is 18.2 Å². The Morgan fingerprint density at radius 2 is 1.71 bits per heavy atom. The van der Waals surface area contributed by atoms with Gasteiger partial charge < -0.3 is 16.4 Å². The molecule has 2 aromatic rings. The van der Waals surface area contributed by atoms with Crippen LogP contribution in [0.3, 0.4) is 0 Å². The van der Waals surface area contributed by atoms with Gasteiger partial charge in [0.15, 0.2) is 0 Å².